The van der Waals surface area contributed by atoms with Crippen molar-refractivity contribution in [3.8, 4) is 168 Å². The fourth-order valence-corrected chi connectivity index (χ4v) is 22.8. The summed E-state index contributed by atoms with van der Waals surface area (Å²) in [6.45, 7) is 0. The van der Waals surface area contributed by atoms with Crippen LogP contribution in [0.4, 0.5) is 0 Å². The van der Waals surface area contributed by atoms with Crippen LogP contribution in [0, 0.1) is 0 Å². The third-order valence-corrected chi connectivity index (χ3v) is 29.0. The molecule has 8 heteroatoms. The number of nitrogens with zero attached hydrogens (tertiary/aromatic N) is 4. The molecule has 0 unspecified atom stereocenters. The molecule has 18 aromatic carbocycles. The van der Waals surface area contributed by atoms with Crippen LogP contribution in [0.25, 0.3) is 249 Å². The minimum atomic E-state index is 0.661. The van der Waals surface area contributed by atoms with E-state index in [1.54, 1.807) is 0 Å². The van der Waals surface area contributed by atoms with Gasteiger partial charge in [0.25, 0.3) is 0 Å². The van der Waals surface area contributed by atoms with Crippen LogP contribution < -0.4 is 0 Å². The van der Waals surface area contributed by atoms with Gasteiger partial charge in [-0.1, -0.05) is 309 Å². The molecule has 0 aliphatic carbocycles. The third kappa shape index (κ3) is 13.4. The molecule has 6 heterocycles. The maximum Gasteiger partial charge on any atom is 0.160 e. The predicted molar refractivity (Wildman–Crippen MR) is 531 cm³/mol. The summed E-state index contributed by atoms with van der Waals surface area (Å²) in [7, 11) is 0. The second-order valence-electron chi connectivity index (χ2n) is 31.9. The number of rotatable bonds is 15. The molecule has 0 aliphatic heterocycles. The Labute approximate surface area is 732 Å². The molecule has 6 aromatic heterocycles. The van der Waals surface area contributed by atoms with Crippen LogP contribution in [-0.2, 0) is 0 Å². The maximum atomic E-state index is 5.55. The van der Waals surface area contributed by atoms with Crippen molar-refractivity contribution in [2.24, 2.45) is 0 Å². The lowest BCUT2D eigenvalue weighted by molar-refractivity contribution is 1.18. The van der Waals surface area contributed by atoms with Crippen molar-refractivity contribution in [2.75, 3.05) is 0 Å². The van der Waals surface area contributed by atoms with Gasteiger partial charge in [0.2, 0.25) is 0 Å². The monoisotopic (exact) mass is 1650 g/mol. The Morgan fingerprint density at radius 1 is 0.129 bits per heavy atom. The largest absolute Gasteiger partial charge is 0.228 e. The zero-order valence-corrected chi connectivity index (χ0v) is 70.1. The highest BCUT2D eigenvalue weighted by molar-refractivity contribution is 7.27. The molecule has 0 saturated carbocycles. The van der Waals surface area contributed by atoms with Crippen molar-refractivity contribution >= 4 is 126 Å². The molecule has 0 amide bonds. The highest BCUT2D eigenvalue weighted by Crippen LogP contribution is 2.49. The highest BCUT2D eigenvalue weighted by Gasteiger charge is 2.23. The Morgan fingerprint density at radius 2 is 0.444 bits per heavy atom. The van der Waals surface area contributed by atoms with Crippen molar-refractivity contribution in [3.05, 3.63) is 425 Å². The van der Waals surface area contributed by atoms with Crippen LogP contribution in [0.2, 0.25) is 0 Å². The van der Waals surface area contributed by atoms with Gasteiger partial charge in [-0.05, 0) is 215 Å². The van der Waals surface area contributed by atoms with Gasteiger partial charge in [-0.2, -0.15) is 0 Å². The van der Waals surface area contributed by atoms with E-state index < -0.39 is 0 Å². The average Bonchev–Trinajstić information content (AvgIpc) is 1.57. The lowest BCUT2D eigenvalue weighted by atomic mass is 9.90. The fourth-order valence-electron chi connectivity index (χ4n) is 18.1. The summed E-state index contributed by atoms with van der Waals surface area (Å²) in [4.78, 5) is 22.0. The molecule has 0 radical (unpaired) electrons. The van der Waals surface area contributed by atoms with Crippen LogP contribution in [-0.4, -0.2) is 19.9 Å². The van der Waals surface area contributed by atoms with Crippen molar-refractivity contribution in [1.29, 1.82) is 0 Å². The minimum absolute atomic E-state index is 0.661. The number of hydrogen-bond acceptors (Lipinski definition) is 8. The van der Waals surface area contributed by atoms with E-state index in [2.05, 4.69) is 425 Å². The summed E-state index contributed by atoms with van der Waals surface area (Å²) in [5, 5.41) is 10.0. The number of aromatic nitrogens is 4. The molecular formula is C116H70N4S4. The molecule has 0 N–H and O–H groups in total. The zero-order valence-electron chi connectivity index (χ0n) is 66.8. The van der Waals surface area contributed by atoms with Crippen LogP contribution in [0.5, 0.6) is 0 Å². The van der Waals surface area contributed by atoms with Crippen LogP contribution in [0.1, 0.15) is 0 Å². The van der Waals surface area contributed by atoms with Gasteiger partial charge < -0.3 is 0 Å². The van der Waals surface area contributed by atoms with E-state index in [0.29, 0.717) is 11.6 Å². The Balaban J connectivity index is 0.625. The summed E-state index contributed by atoms with van der Waals surface area (Å²) in [5.41, 5.74) is 29.8. The second-order valence-corrected chi connectivity index (χ2v) is 36.2. The fraction of sp³-hybridized carbons (Fsp3) is 0. The lowest BCUT2D eigenvalue weighted by Gasteiger charge is -2.15. The van der Waals surface area contributed by atoms with E-state index in [9.17, 15) is 0 Å². The SMILES string of the molecule is c1ccc(-c2ccc(-c3cccc(-c4cc(-c5cc(-c6cccc7c6sc6ccccc67)cc(-c6cccc7c6sc6cc(-c8cc(-c9cccc(-c%10cc(-c%11cc(-c%12ccc%13sc%14ccccc%14c%13c%12)cc(-c%12ccc%13sc%14ccccc%14c%13c%12)c%11)nc(-c%11ccccc%11)n%10)c9)ccc8-c8ccccc8)ccc67)c5)nc(-c5ccccc5)n4)c3)cc2)cc1. The summed E-state index contributed by atoms with van der Waals surface area (Å²) >= 11 is 7.42. The van der Waals surface area contributed by atoms with Crippen molar-refractivity contribution in [1.82, 2.24) is 19.9 Å². The number of fused-ring (bicyclic) bond motifs is 12. The quantitative estimate of drug-likeness (QED) is 0.103. The average molecular weight is 1650 g/mol. The molecule has 4 nitrogen and oxygen atoms in total. The first-order chi connectivity index (χ1) is 61.3. The summed E-state index contributed by atoms with van der Waals surface area (Å²) in [6.07, 6.45) is 0. The molecule has 0 aliphatic rings. The van der Waals surface area contributed by atoms with Gasteiger partial charge in [-0.25, -0.2) is 19.9 Å². The van der Waals surface area contributed by atoms with Crippen molar-refractivity contribution in [2.45, 2.75) is 0 Å². The van der Waals surface area contributed by atoms with Crippen LogP contribution in [0.15, 0.2) is 425 Å². The van der Waals surface area contributed by atoms with E-state index in [1.807, 2.05) is 45.3 Å². The van der Waals surface area contributed by atoms with E-state index >= 15 is 0 Å². The number of thiophene rings is 4. The van der Waals surface area contributed by atoms with E-state index in [-0.39, 0.29) is 0 Å². The molecule has 0 fully saturated rings. The molecule has 0 spiro atoms. The molecule has 24 aromatic rings. The Hall–Kier alpha value is -15.0. The van der Waals surface area contributed by atoms with E-state index in [4.69, 9.17) is 19.9 Å². The number of benzene rings is 18. The zero-order chi connectivity index (χ0) is 81.7. The van der Waals surface area contributed by atoms with E-state index in [1.165, 1.54) is 97.4 Å². The lowest BCUT2D eigenvalue weighted by Crippen LogP contribution is -1.97. The summed E-state index contributed by atoms with van der Waals surface area (Å²) in [6, 6.07) is 155. The Bertz CT molecular complexity index is 8220. The van der Waals surface area contributed by atoms with Crippen molar-refractivity contribution in [3.63, 3.8) is 0 Å². The molecule has 0 bridgehead atoms. The molecule has 24 rings (SSSR count). The summed E-state index contributed by atoms with van der Waals surface area (Å²) < 4.78 is 10.1. The molecule has 578 valence electrons. The van der Waals surface area contributed by atoms with Gasteiger partial charge in [0.1, 0.15) is 0 Å². The van der Waals surface area contributed by atoms with Crippen LogP contribution >= 0.6 is 45.3 Å². The van der Waals surface area contributed by atoms with Gasteiger partial charge in [-0.15, -0.1) is 45.3 Å². The van der Waals surface area contributed by atoms with Gasteiger partial charge >= 0.3 is 0 Å². The topological polar surface area (TPSA) is 51.6 Å². The second kappa shape index (κ2) is 30.6. The van der Waals surface area contributed by atoms with Crippen LogP contribution in [0.3, 0.4) is 0 Å². The first kappa shape index (κ1) is 73.0. The van der Waals surface area contributed by atoms with Gasteiger partial charge in [0.15, 0.2) is 11.6 Å². The van der Waals surface area contributed by atoms with Gasteiger partial charge in [-0.3, -0.25) is 0 Å². The predicted octanol–water partition coefficient (Wildman–Crippen LogP) is 33.7. The normalized spacial score (nSPS) is 11.7. The third-order valence-electron chi connectivity index (χ3n) is 24.3. The van der Waals surface area contributed by atoms with Crippen molar-refractivity contribution < 1.29 is 0 Å². The standard InChI is InChI=1S/C116H70N4S4/c1-5-23-71(24-6-1)72-45-47-73(48-46-72)77-31-19-33-83(57-77)103-70-106(120-116(117-103)76-29-11-4-12-30-76)90-63-87(92-38-21-40-98-94-35-13-18-44-109(94)123-113(92)98)62-88(64-90)93-39-22-41-99-97-54-50-82(68-112(97)124-114(93)99)100-65-79(49-53-91(100)74-25-7-2-8-26-74)78-32-20-34-84(58-78)104-69-105(119-115(118-104)75-27-9-3-10-28-75)89-60-85(80-51-55-110-101(66-80)95-36-14-16-42-107(95)121-110)59-86(61-89)81-52-56-111-102(67-81)96-37-15-17-43-108(96)122-111/h1-70H. The molecule has 124 heavy (non-hydrogen) atoms. The van der Waals surface area contributed by atoms with Gasteiger partial charge in [0.05, 0.1) is 22.8 Å². The maximum absolute atomic E-state index is 5.55. The number of hydrogen-bond donors (Lipinski definition) is 0. The summed E-state index contributed by atoms with van der Waals surface area (Å²) in [5.74, 6) is 1.33. The van der Waals surface area contributed by atoms with E-state index in [0.717, 1.165) is 140 Å². The minimum Gasteiger partial charge on any atom is -0.228 e. The smallest absolute Gasteiger partial charge is 0.160 e. The Kier molecular flexibility index (Phi) is 18.0. The molecule has 0 atom stereocenters. The highest BCUT2D eigenvalue weighted by atomic mass is 32.1. The molecule has 0 saturated heterocycles. The first-order valence-corrected chi connectivity index (χ1v) is 45.1. The Morgan fingerprint density at radius 3 is 0.968 bits per heavy atom. The first-order valence-electron chi connectivity index (χ1n) is 41.8. The van der Waals surface area contributed by atoms with Gasteiger partial charge in [0, 0.05) is 114 Å². The molecular weight excluding hydrogens is 1580 g/mol.